The summed E-state index contributed by atoms with van der Waals surface area (Å²) in [5.74, 6) is 2.38. The molecule has 0 fully saturated rings. The Morgan fingerprint density at radius 2 is 2.40 bits per heavy atom. The van der Waals surface area contributed by atoms with Gasteiger partial charge in [0.05, 0.1) is 0 Å². The SMILES string of the molecule is C#CCCCNC(=O)c1cccc(C)n1. The van der Waals surface area contributed by atoms with Gasteiger partial charge in [-0.25, -0.2) is 4.98 Å². The molecule has 0 unspecified atom stereocenters. The van der Waals surface area contributed by atoms with E-state index < -0.39 is 0 Å². The topological polar surface area (TPSA) is 42.0 Å². The Hall–Kier alpha value is -1.82. The zero-order chi connectivity index (χ0) is 11.1. The second-order valence-corrected chi connectivity index (χ2v) is 3.23. The van der Waals surface area contributed by atoms with Gasteiger partial charge in [0, 0.05) is 18.7 Å². The van der Waals surface area contributed by atoms with Crippen LogP contribution in [0.3, 0.4) is 0 Å². The molecule has 1 rings (SSSR count). The van der Waals surface area contributed by atoms with Crippen LogP contribution in [0.4, 0.5) is 0 Å². The lowest BCUT2D eigenvalue weighted by Gasteiger charge is -2.03. The molecule has 0 aliphatic carbocycles. The molecule has 1 N–H and O–H groups in total. The smallest absolute Gasteiger partial charge is 0.269 e. The van der Waals surface area contributed by atoms with Gasteiger partial charge in [-0.15, -0.1) is 12.3 Å². The highest BCUT2D eigenvalue weighted by Gasteiger charge is 2.05. The average Bonchev–Trinajstić information content (AvgIpc) is 2.24. The van der Waals surface area contributed by atoms with E-state index in [4.69, 9.17) is 6.42 Å². The fraction of sp³-hybridized carbons (Fsp3) is 0.333. The zero-order valence-corrected chi connectivity index (χ0v) is 8.79. The molecule has 0 bridgehead atoms. The van der Waals surface area contributed by atoms with Crippen LogP contribution in [0, 0.1) is 19.3 Å². The van der Waals surface area contributed by atoms with Crippen molar-refractivity contribution in [1.29, 1.82) is 0 Å². The lowest BCUT2D eigenvalue weighted by molar-refractivity contribution is 0.0948. The van der Waals surface area contributed by atoms with E-state index in [9.17, 15) is 4.79 Å². The van der Waals surface area contributed by atoms with Crippen LogP contribution in [0.2, 0.25) is 0 Å². The van der Waals surface area contributed by atoms with Crippen molar-refractivity contribution >= 4 is 5.91 Å². The zero-order valence-electron chi connectivity index (χ0n) is 8.79. The molecule has 0 atom stereocenters. The molecule has 0 aromatic carbocycles. The summed E-state index contributed by atoms with van der Waals surface area (Å²) in [6.07, 6.45) is 6.58. The van der Waals surface area contributed by atoms with Crippen LogP contribution in [0.1, 0.15) is 29.0 Å². The first kappa shape index (κ1) is 11.3. The van der Waals surface area contributed by atoms with E-state index in [0.29, 0.717) is 18.7 Å². The molecule has 1 aromatic rings. The van der Waals surface area contributed by atoms with Crippen molar-refractivity contribution in [2.24, 2.45) is 0 Å². The van der Waals surface area contributed by atoms with Crippen LogP contribution >= 0.6 is 0 Å². The highest BCUT2D eigenvalue weighted by molar-refractivity contribution is 5.92. The number of terminal acetylenes is 1. The van der Waals surface area contributed by atoms with E-state index in [1.165, 1.54) is 0 Å². The summed E-state index contributed by atoms with van der Waals surface area (Å²) < 4.78 is 0. The number of rotatable bonds is 4. The third-order valence-electron chi connectivity index (χ3n) is 1.90. The van der Waals surface area contributed by atoms with Crippen molar-refractivity contribution in [2.45, 2.75) is 19.8 Å². The molecule has 3 nitrogen and oxygen atoms in total. The van der Waals surface area contributed by atoms with Crippen molar-refractivity contribution in [3.05, 3.63) is 29.6 Å². The first-order valence-corrected chi connectivity index (χ1v) is 4.89. The van der Waals surface area contributed by atoms with Gasteiger partial charge in [0.1, 0.15) is 5.69 Å². The molecule has 15 heavy (non-hydrogen) atoms. The summed E-state index contributed by atoms with van der Waals surface area (Å²) in [5.41, 5.74) is 1.29. The first-order valence-electron chi connectivity index (χ1n) is 4.89. The molecule has 0 aliphatic heterocycles. The van der Waals surface area contributed by atoms with Crippen molar-refractivity contribution < 1.29 is 4.79 Å². The van der Waals surface area contributed by atoms with Gasteiger partial charge >= 0.3 is 0 Å². The Balaban J connectivity index is 2.44. The Kier molecular flexibility index (Phi) is 4.36. The normalized spacial score (nSPS) is 9.33. The maximum atomic E-state index is 11.5. The fourth-order valence-electron chi connectivity index (χ4n) is 1.15. The molecular formula is C12H14N2O. The molecule has 0 spiro atoms. The summed E-state index contributed by atoms with van der Waals surface area (Å²) in [5, 5.41) is 2.76. The molecule has 0 saturated heterocycles. The van der Waals surface area contributed by atoms with Crippen LogP contribution in [0.15, 0.2) is 18.2 Å². The first-order chi connectivity index (χ1) is 7.24. The number of hydrogen-bond acceptors (Lipinski definition) is 2. The second-order valence-electron chi connectivity index (χ2n) is 3.23. The molecular weight excluding hydrogens is 188 g/mol. The Morgan fingerprint density at radius 1 is 1.60 bits per heavy atom. The molecule has 3 heteroatoms. The van der Waals surface area contributed by atoms with Gasteiger partial charge in [-0.3, -0.25) is 4.79 Å². The minimum atomic E-state index is -0.143. The minimum Gasteiger partial charge on any atom is -0.351 e. The number of nitrogens with one attached hydrogen (secondary N) is 1. The molecule has 1 heterocycles. The van der Waals surface area contributed by atoms with Crippen molar-refractivity contribution in [1.82, 2.24) is 10.3 Å². The van der Waals surface area contributed by atoms with E-state index in [1.807, 2.05) is 19.1 Å². The van der Waals surface area contributed by atoms with Crippen LogP contribution in [0.25, 0.3) is 0 Å². The summed E-state index contributed by atoms with van der Waals surface area (Å²) in [4.78, 5) is 15.7. The molecule has 78 valence electrons. The summed E-state index contributed by atoms with van der Waals surface area (Å²) in [6.45, 7) is 2.45. The van der Waals surface area contributed by atoms with Crippen LogP contribution in [0.5, 0.6) is 0 Å². The van der Waals surface area contributed by atoms with E-state index >= 15 is 0 Å². The standard InChI is InChI=1S/C12H14N2O/c1-3-4-5-9-13-12(15)11-8-6-7-10(2)14-11/h1,6-8H,4-5,9H2,2H3,(H,13,15). The predicted octanol–water partition coefficient (Wildman–Crippen LogP) is 1.53. The Labute approximate surface area is 89.9 Å². The van der Waals surface area contributed by atoms with Gasteiger partial charge in [-0.1, -0.05) is 6.07 Å². The highest BCUT2D eigenvalue weighted by Crippen LogP contribution is 1.97. The van der Waals surface area contributed by atoms with Crippen molar-refractivity contribution in [3.63, 3.8) is 0 Å². The molecule has 1 aromatic heterocycles. The average molecular weight is 202 g/mol. The van der Waals surface area contributed by atoms with E-state index in [2.05, 4.69) is 16.2 Å². The minimum absolute atomic E-state index is 0.143. The Bertz CT molecular complexity index is 379. The number of carbonyl (C=O) groups is 1. The largest absolute Gasteiger partial charge is 0.351 e. The number of nitrogens with zero attached hydrogens (tertiary/aromatic N) is 1. The van der Waals surface area contributed by atoms with E-state index in [-0.39, 0.29) is 5.91 Å². The molecule has 0 radical (unpaired) electrons. The highest BCUT2D eigenvalue weighted by atomic mass is 16.1. The number of hydrogen-bond donors (Lipinski definition) is 1. The number of pyridine rings is 1. The van der Waals surface area contributed by atoms with Crippen molar-refractivity contribution in [2.75, 3.05) is 6.54 Å². The summed E-state index contributed by atoms with van der Waals surface area (Å²) in [7, 11) is 0. The lowest BCUT2D eigenvalue weighted by Crippen LogP contribution is -2.25. The van der Waals surface area contributed by atoms with Gasteiger partial charge in [0.25, 0.3) is 5.91 Å². The number of aromatic nitrogens is 1. The third-order valence-corrected chi connectivity index (χ3v) is 1.90. The quantitative estimate of drug-likeness (QED) is 0.594. The van der Waals surface area contributed by atoms with E-state index in [0.717, 1.165) is 12.1 Å². The maximum Gasteiger partial charge on any atom is 0.269 e. The molecule has 0 saturated carbocycles. The Morgan fingerprint density at radius 3 is 3.07 bits per heavy atom. The maximum absolute atomic E-state index is 11.5. The predicted molar refractivity (Wildman–Crippen MR) is 59.4 cm³/mol. The summed E-state index contributed by atoms with van der Waals surface area (Å²) >= 11 is 0. The van der Waals surface area contributed by atoms with Crippen LogP contribution in [-0.2, 0) is 0 Å². The van der Waals surface area contributed by atoms with E-state index in [1.54, 1.807) is 6.07 Å². The second kappa shape index (κ2) is 5.82. The fourth-order valence-corrected chi connectivity index (χ4v) is 1.15. The summed E-state index contributed by atoms with van der Waals surface area (Å²) in [6, 6.07) is 5.37. The van der Waals surface area contributed by atoms with Gasteiger partial charge in [-0.05, 0) is 25.5 Å². The monoisotopic (exact) mass is 202 g/mol. The van der Waals surface area contributed by atoms with Crippen LogP contribution in [-0.4, -0.2) is 17.4 Å². The van der Waals surface area contributed by atoms with Gasteiger partial charge in [0.2, 0.25) is 0 Å². The number of unbranched alkanes of at least 4 members (excludes halogenated alkanes) is 1. The number of aryl methyl sites for hydroxylation is 1. The molecule has 0 aliphatic rings. The van der Waals surface area contributed by atoms with Gasteiger partial charge in [-0.2, -0.15) is 0 Å². The van der Waals surface area contributed by atoms with Gasteiger partial charge < -0.3 is 5.32 Å². The van der Waals surface area contributed by atoms with Gasteiger partial charge in [0.15, 0.2) is 0 Å². The third kappa shape index (κ3) is 3.82. The number of amides is 1. The lowest BCUT2D eigenvalue weighted by atomic mass is 10.3. The molecule has 1 amide bonds. The van der Waals surface area contributed by atoms with Crippen molar-refractivity contribution in [3.8, 4) is 12.3 Å². The van der Waals surface area contributed by atoms with Crippen LogP contribution < -0.4 is 5.32 Å². The number of carbonyl (C=O) groups excluding carboxylic acids is 1.